The number of hydrogen-bond acceptors (Lipinski definition) is 2. The van der Waals surface area contributed by atoms with Gasteiger partial charge in [0, 0.05) is 0 Å². The minimum absolute atomic E-state index is 0.255. The van der Waals surface area contributed by atoms with Crippen molar-refractivity contribution in [2.24, 2.45) is 0 Å². The van der Waals surface area contributed by atoms with E-state index in [-0.39, 0.29) is 16.7 Å². The molecule has 0 unspecified atom stereocenters. The highest BCUT2D eigenvalue weighted by Gasteiger charge is 2.18. The maximum Gasteiger partial charge on any atom is 0.261 e. The molecular formula is C15H11F2NO2. The maximum absolute atomic E-state index is 13.7. The first-order valence-corrected chi connectivity index (χ1v) is 5.86. The molecule has 0 bridgehead atoms. The number of amides is 2. The lowest BCUT2D eigenvalue weighted by Gasteiger charge is -2.07. The van der Waals surface area contributed by atoms with Crippen molar-refractivity contribution in [3.63, 3.8) is 0 Å². The summed E-state index contributed by atoms with van der Waals surface area (Å²) in [5.74, 6) is -3.26. The highest BCUT2D eigenvalue weighted by atomic mass is 19.1. The number of carbonyl (C=O) groups is 2. The summed E-state index contributed by atoms with van der Waals surface area (Å²) in [6.07, 6.45) is 0. The van der Waals surface area contributed by atoms with Gasteiger partial charge >= 0.3 is 0 Å². The molecule has 0 aliphatic carbocycles. The monoisotopic (exact) mass is 275 g/mol. The summed E-state index contributed by atoms with van der Waals surface area (Å²) in [6.45, 7) is 1.50. The second-order valence-corrected chi connectivity index (χ2v) is 4.20. The van der Waals surface area contributed by atoms with Crippen molar-refractivity contribution in [2.45, 2.75) is 6.92 Å². The molecule has 0 heterocycles. The van der Waals surface area contributed by atoms with Gasteiger partial charge in [-0.05, 0) is 30.7 Å². The zero-order valence-corrected chi connectivity index (χ0v) is 10.6. The van der Waals surface area contributed by atoms with Gasteiger partial charge in [0.25, 0.3) is 11.8 Å². The minimum Gasteiger partial charge on any atom is -0.288 e. The fraction of sp³-hybridized carbons (Fsp3) is 0.0667. The zero-order valence-electron chi connectivity index (χ0n) is 10.6. The summed E-state index contributed by atoms with van der Waals surface area (Å²) in [5.41, 5.74) is -0.236. The van der Waals surface area contributed by atoms with Crippen molar-refractivity contribution < 1.29 is 18.4 Å². The molecule has 0 aromatic heterocycles. The van der Waals surface area contributed by atoms with Crippen molar-refractivity contribution in [1.82, 2.24) is 5.32 Å². The molecule has 2 amide bonds. The van der Waals surface area contributed by atoms with Crippen molar-refractivity contribution >= 4 is 11.8 Å². The van der Waals surface area contributed by atoms with Crippen LogP contribution in [0.4, 0.5) is 8.78 Å². The van der Waals surface area contributed by atoms with Crippen molar-refractivity contribution in [2.75, 3.05) is 0 Å². The number of carbonyl (C=O) groups excluding carboxylic acids is 2. The smallest absolute Gasteiger partial charge is 0.261 e. The molecule has 0 fully saturated rings. The Morgan fingerprint density at radius 3 is 2.20 bits per heavy atom. The van der Waals surface area contributed by atoms with Crippen LogP contribution in [0.2, 0.25) is 0 Å². The molecule has 0 saturated heterocycles. The Labute approximate surface area is 114 Å². The van der Waals surface area contributed by atoms with E-state index in [1.807, 2.05) is 5.32 Å². The average Bonchev–Trinajstić information content (AvgIpc) is 2.42. The lowest BCUT2D eigenvalue weighted by Crippen LogP contribution is -2.31. The van der Waals surface area contributed by atoms with E-state index in [1.54, 1.807) is 0 Å². The van der Waals surface area contributed by atoms with Crippen LogP contribution < -0.4 is 5.32 Å². The summed E-state index contributed by atoms with van der Waals surface area (Å²) in [6, 6.07) is 9.50. The number of imide groups is 1. The van der Waals surface area contributed by atoms with Gasteiger partial charge in [0.1, 0.15) is 11.6 Å². The largest absolute Gasteiger partial charge is 0.288 e. The average molecular weight is 275 g/mol. The third-order valence-corrected chi connectivity index (χ3v) is 2.78. The number of rotatable bonds is 2. The molecule has 0 aliphatic rings. The van der Waals surface area contributed by atoms with Gasteiger partial charge in [0.15, 0.2) is 0 Å². The molecule has 0 spiro atoms. The topological polar surface area (TPSA) is 46.2 Å². The third-order valence-electron chi connectivity index (χ3n) is 2.78. The van der Waals surface area contributed by atoms with E-state index in [0.717, 1.165) is 6.07 Å². The number of hydrogen-bond donors (Lipinski definition) is 1. The van der Waals surface area contributed by atoms with Gasteiger partial charge in [0.2, 0.25) is 0 Å². The molecule has 0 aliphatic heterocycles. The molecule has 2 rings (SSSR count). The molecule has 0 saturated carbocycles. The number of nitrogens with one attached hydrogen (secondary N) is 1. The fourth-order valence-corrected chi connectivity index (χ4v) is 1.71. The van der Waals surface area contributed by atoms with Crippen LogP contribution in [0.15, 0.2) is 42.5 Å². The first-order chi connectivity index (χ1) is 9.50. The van der Waals surface area contributed by atoms with Gasteiger partial charge < -0.3 is 0 Å². The maximum atomic E-state index is 13.7. The van der Waals surface area contributed by atoms with Crippen LogP contribution in [0.5, 0.6) is 0 Å². The predicted molar refractivity (Wildman–Crippen MR) is 69.3 cm³/mol. The molecule has 20 heavy (non-hydrogen) atoms. The molecule has 2 aromatic rings. The van der Waals surface area contributed by atoms with Gasteiger partial charge in [-0.1, -0.05) is 24.3 Å². The number of benzene rings is 2. The van der Waals surface area contributed by atoms with E-state index < -0.39 is 23.4 Å². The first kappa shape index (κ1) is 13.9. The fourth-order valence-electron chi connectivity index (χ4n) is 1.71. The van der Waals surface area contributed by atoms with Crippen molar-refractivity contribution in [3.05, 3.63) is 70.8 Å². The van der Waals surface area contributed by atoms with E-state index in [2.05, 4.69) is 0 Å². The first-order valence-electron chi connectivity index (χ1n) is 5.86. The SMILES string of the molecule is Cc1cccc(C(=O)NC(=O)c2ccccc2F)c1F. The van der Waals surface area contributed by atoms with Crippen LogP contribution in [0.1, 0.15) is 26.3 Å². The number of halogens is 2. The molecule has 1 N–H and O–H groups in total. The minimum atomic E-state index is -0.908. The van der Waals surface area contributed by atoms with Crippen LogP contribution in [0.3, 0.4) is 0 Å². The summed E-state index contributed by atoms with van der Waals surface area (Å²) in [7, 11) is 0. The summed E-state index contributed by atoms with van der Waals surface area (Å²) in [5, 5.41) is 1.96. The van der Waals surface area contributed by atoms with Crippen molar-refractivity contribution in [1.29, 1.82) is 0 Å². The van der Waals surface area contributed by atoms with Crippen LogP contribution in [0.25, 0.3) is 0 Å². The highest BCUT2D eigenvalue weighted by molar-refractivity contribution is 6.10. The molecule has 3 nitrogen and oxygen atoms in total. The molecule has 0 atom stereocenters. The quantitative estimate of drug-likeness (QED) is 0.857. The van der Waals surface area contributed by atoms with Crippen molar-refractivity contribution in [3.8, 4) is 0 Å². The normalized spacial score (nSPS) is 10.2. The second kappa shape index (κ2) is 5.61. The van der Waals surface area contributed by atoms with Gasteiger partial charge in [0.05, 0.1) is 11.1 Å². The van der Waals surface area contributed by atoms with Crippen LogP contribution >= 0.6 is 0 Å². The van der Waals surface area contributed by atoms with E-state index in [0.29, 0.717) is 0 Å². The Balaban J connectivity index is 2.22. The Hall–Kier alpha value is -2.56. The van der Waals surface area contributed by atoms with E-state index in [4.69, 9.17) is 0 Å². The van der Waals surface area contributed by atoms with Gasteiger partial charge in [-0.2, -0.15) is 0 Å². The van der Waals surface area contributed by atoms with E-state index in [1.165, 1.54) is 43.3 Å². The van der Waals surface area contributed by atoms with Crippen LogP contribution in [-0.4, -0.2) is 11.8 Å². The van der Waals surface area contributed by atoms with E-state index >= 15 is 0 Å². The summed E-state index contributed by atoms with van der Waals surface area (Å²) < 4.78 is 27.1. The van der Waals surface area contributed by atoms with E-state index in [9.17, 15) is 18.4 Å². The molecule has 0 radical (unpaired) electrons. The van der Waals surface area contributed by atoms with Gasteiger partial charge in [-0.25, -0.2) is 8.78 Å². The highest BCUT2D eigenvalue weighted by Crippen LogP contribution is 2.12. The Kier molecular flexibility index (Phi) is 3.89. The summed E-state index contributed by atoms with van der Waals surface area (Å²) in [4.78, 5) is 23.6. The second-order valence-electron chi connectivity index (χ2n) is 4.20. The lowest BCUT2D eigenvalue weighted by molar-refractivity contribution is 0.0845. The molecule has 2 aromatic carbocycles. The molecule has 5 heteroatoms. The Bertz CT molecular complexity index is 683. The van der Waals surface area contributed by atoms with Gasteiger partial charge in [-0.15, -0.1) is 0 Å². The van der Waals surface area contributed by atoms with Crippen LogP contribution in [0, 0.1) is 18.6 Å². The van der Waals surface area contributed by atoms with Gasteiger partial charge in [-0.3, -0.25) is 14.9 Å². The zero-order chi connectivity index (χ0) is 14.7. The Morgan fingerprint density at radius 2 is 1.50 bits per heavy atom. The third kappa shape index (κ3) is 2.71. The lowest BCUT2D eigenvalue weighted by atomic mass is 10.1. The predicted octanol–water partition coefficient (Wildman–Crippen LogP) is 2.84. The molecule has 102 valence electrons. The number of aryl methyl sites for hydroxylation is 1. The summed E-state index contributed by atoms with van der Waals surface area (Å²) >= 11 is 0. The Morgan fingerprint density at radius 1 is 0.900 bits per heavy atom. The molecular weight excluding hydrogens is 264 g/mol. The van der Waals surface area contributed by atoms with Crippen LogP contribution in [-0.2, 0) is 0 Å². The standard InChI is InChI=1S/C15H11F2NO2/c1-9-5-4-7-11(13(9)17)15(20)18-14(19)10-6-2-3-8-12(10)16/h2-8H,1H3,(H,18,19,20).